The Morgan fingerprint density at radius 1 is 0.773 bits per heavy atom. The van der Waals surface area contributed by atoms with Crippen molar-refractivity contribution in [2.45, 2.75) is 77.6 Å². The van der Waals surface area contributed by atoms with Crippen molar-refractivity contribution < 1.29 is 9.53 Å². The smallest absolute Gasteiger partial charge is 0.330 e. The van der Waals surface area contributed by atoms with Crippen LogP contribution in [0.5, 0.6) is 0 Å². The van der Waals surface area contributed by atoms with Gasteiger partial charge in [-0.25, -0.2) is 4.79 Å². The van der Waals surface area contributed by atoms with Gasteiger partial charge >= 0.3 is 5.97 Å². The Labute approximate surface area is 138 Å². The SMILES string of the molecule is C=CC(=O)OCCCCCCCCCCCCC.C=CC=C. The second-order valence-electron chi connectivity index (χ2n) is 5.38. The number of allylic oxidation sites excluding steroid dienone is 2. The van der Waals surface area contributed by atoms with Gasteiger partial charge in [-0.1, -0.05) is 103 Å². The Hall–Kier alpha value is -1.31. The van der Waals surface area contributed by atoms with E-state index in [0.29, 0.717) is 6.61 Å². The van der Waals surface area contributed by atoms with Crippen molar-refractivity contribution in [2.24, 2.45) is 0 Å². The molecule has 2 heteroatoms. The van der Waals surface area contributed by atoms with Crippen LogP contribution in [0, 0.1) is 0 Å². The molecule has 0 aromatic carbocycles. The number of ether oxygens (including phenoxy) is 1. The average molecular weight is 309 g/mol. The molecule has 0 unspecified atom stereocenters. The first kappa shape index (κ1) is 23.0. The number of hydrogen-bond donors (Lipinski definition) is 0. The van der Waals surface area contributed by atoms with Gasteiger partial charge in [0.15, 0.2) is 0 Å². The highest BCUT2D eigenvalue weighted by atomic mass is 16.5. The minimum absolute atomic E-state index is 0.304. The van der Waals surface area contributed by atoms with E-state index < -0.39 is 0 Å². The molecular formula is C20H36O2. The van der Waals surface area contributed by atoms with Crippen molar-refractivity contribution in [2.75, 3.05) is 6.61 Å². The van der Waals surface area contributed by atoms with Gasteiger partial charge in [0.25, 0.3) is 0 Å². The van der Waals surface area contributed by atoms with Crippen LogP contribution in [-0.2, 0) is 9.53 Å². The van der Waals surface area contributed by atoms with Gasteiger partial charge < -0.3 is 4.74 Å². The maximum absolute atomic E-state index is 10.8. The van der Waals surface area contributed by atoms with Gasteiger partial charge in [-0.15, -0.1) is 0 Å². The summed E-state index contributed by atoms with van der Waals surface area (Å²) in [6.45, 7) is 12.9. The maximum atomic E-state index is 10.8. The first-order valence-corrected chi connectivity index (χ1v) is 8.75. The molecule has 0 aliphatic carbocycles. The van der Waals surface area contributed by atoms with E-state index in [2.05, 4.69) is 26.7 Å². The molecule has 0 aromatic heterocycles. The molecule has 0 saturated heterocycles. The number of carbonyl (C=O) groups excluding carboxylic acids is 1. The summed E-state index contributed by atoms with van der Waals surface area (Å²) in [5, 5.41) is 0. The van der Waals surface area contributed by atoms with E-state index >= 15 is 0 Å². The lowest BCUT2D eigenvalue weighted by atomic mass is 10.1. The Morgan fingerprint density at radius 3 is 1.55 bits per heavy atom. The molecule has 0 bridgehead atoms. The summed E-state index contributed by atoms with van der Waals surface area (Å²) in [7, 11) is 0. The summed E-state index contributed by atoms with van der Waals surface area (Å²) in [5.41, 5.74) is 0. The van der Waals surface area contributed by atoms with Crippen LogP contribution in [0.25, 0.3) is 0 Å². The van der Waals surface area contributed by atoms with E-state index in [4.69, 9.17) is 4.74 Å². The van der Waals surface area contributed by atoms with E-state index in [9.17, 15) is 4.79 Å². The lowest BCUT2D eigenvalue weighted by Crippen LogP contribution is -2.01. The Bertz CT molecular complexity index is 263. The first-order chi connectivity index (χ1) is 10.7. The second-order valence-corrected chi connectivity index (χ2v) is 5.38. The number of esters is 1. The van der Waals surface area contributed by atoms with Crippen LogP contribution in [0.15, 0.2) is 38.0 Å². The highest BCUT2D eigenvalue weighted by Gasteiger charge is 1.95. The van der Waals surface area contributed by atoms with E-state index in [1.54, 1.807) is 12.2 Å². The lowest BCUT2D eigenvalue weighted by Gasteiger charge is -2.03. The summed E-state index contributed by atoms with van der Waals surface area (Å²) in [6, 6.07) is 0. The fraction of sp³-hybridized carbons (Fsp3) is 0.650. The van der Waals surface area contributed by atoms with Crippen LogP contribution in [-0.4, -0.2) is 12.6 Å². The van der Waals surface area contributed by atoms with E-state index in [-0.39, 0.29) is 5.97 Å². The van der Waals surface area contributed by atoms with Crippen molar-refractivity contribution in [3.63, 3.8) is 0 Å². The molecule has 0 fully saturated rings. The third kappa shape index (κ3) is 23.8. The van der Waals surface area contributed by atoms with Gasteiger partial charge in [0.1, 0.15) is 0 Å². The van der Waals surface area contributed by atoms with Gasteiger partial charge in [0.2, 0.25) is 0 Å². The lowest BCUT2D eigenvalue weighted by molar-refractivity contribution is -0.137. The van der Waals surface area contributed by atoms with Crippen molar-refractivity contribution in [3.05, 3.63) is 38.0 Å². The zero-order valence-electron chi connectivity index (χ0n) is 14.7. The van der Waals surface area contributed by atoms with Crippen molar-refractivity contribution in [1.82, 2.24) is 0 Å². The van der Waals surface area contributed by atoms with Gasteiger partial charge in [-0.2, -0.15) is 0 Å². The van der Waals surface area contributed by atoms with Crippen molar-refractivity contribution in [3.8, 4) is 0 Å². The minimum Gasteiger partial charge on any atom is -0.463 e. The first-order valence-electron chi connectivity index (χ1n) is 8.75. The van der Waals surface area contributed by atoms with Crippen molar-refractivity contribution >= 4 is 5.97 Å². The number of hydrogen-bond acceptors (Lipinski definition) is 2. The van der Waals surface area contributed by atoms with Gasteiger partial charge in [-0.3, -0.25) is 0 Å². The predicted molar refractivity (Wildman–Crippen MR) is 98.0 cm³/mol. The van der Waals surface area contributed by atoms with Gasteiger partial charge in [-0.05, 0) is 6.42 Å². The fourth-order valence-electron chi connectivity index (χ4n) is 2.00. The molecule has 22 heavy (non-hydrogen) atoms. The molecule has 0 radical (unpaired) electrons. The number of unbranched alkanes of at least 4 members (excludes halogenated alkanes) is 10. The predicted octanol–water partition coefficient (Wildman–Crippen LogP) is 6.39. The molecule has 0 aliphatic rings. The zero-order valence-corrected chi connectivity index (χ0v) is 14.7. The van der Waals surface area contributed by atoms with Crippen LogP contribution in [0.3, 0.4) is 0 Å². The zero-order chi connectivity index (χ0) is 16.9. The Morgan fingerprint density at radius 2 is 1.18 bits per heavy atom. The molecule has 128 valence electrons. The summed E-state index contributed by atoms with van der Waals surface area (Å²) in [4.78, 5) is 10.8. The van der Waals surface area contributed by atoms with E-state index in [1.807, 2.05) is 0 Å². The normalized spacial score (nSPS) is 9.32. The van der Waals surface area contributed by atoms with Crippen LogP contribution >= 0.6 is 0 Å². The van der Waals surface area contributed by atoms with Crippen LogP contribution < -0.4 is 0 Å². The molecule has 0 amide bonds. The highest BCUT2D eigenvalue weighted by molar-refractivity contribution is 5.81. The van der Waals surface area contributed by atoms with Crippen molar-refractivity contribution in [1.29, 1.82) is 0 Å². The van der Waals surface area contributed by atoms with Crippen LogP contribution in [0.2, 0.25) is 0 Å². The summed E-state index contributed by atoms with van der Waals surface area (Å²) in [6.07, 6.45) is 18.9. The quantitative estimate of drug-likeness (QED) is 0.161. The molecule has 0 N–H and O–H groups in total. The molecule has 0 saturated carbocycles. The van der Waals surface area contributed by atoms with Crippen LogP contribution in [0.4, 0.5) is 0 Å². The maximum Gasteiger partial charge on any atom is 0.330 e. The molecule has 0 heterocycles. The molecule has 0 rings (SSSR count). The number of carbonyl (C=O) groups is 1. The molecule has 2 nitrogen and oxygen atoms in total. The Balaban J connectivity index is 0. The largest absolute Gasteiger partial charge is 0.463 e. The van der Waals surface area contributed by atoms with E-state index in [1.165, 1.54) is 70.3 Å². The molecular weight excluding hydrogens is 272 g/mol. The molecule has 0 aliphatic heterocycles. The monoisotopic (exact) mass is 308 g/mol. The number of rotatable bonds is 14. The molecule has 0 aromatic rings. The third-order valence-electron chi connectivity index (χ3n) is 3.33. The van der Waals surface area contributed by atoms with Gasteiger partial charge in [0.05, 0.1) is 6.61 Å². The summed E-state index contributed by atoms with van der Waals surface area (Å²) < 4.78 is 4.92. The van der Waals surface area contributed by atoms with E-state index in [0.717, 1.165) is 6.42 Å². The van der Waals surface area contributed by atoms with Crippen LogP contribution in [0.1, 0.15) is 77.6 Å². The topological polar surface area (TPSA) is 26.3 Å². The highest BCUT2D eigenvalue weighted by Crippen LogP contribution is 2.11. The molecule has 0 atom stereocenters. The second kappa shape index (κ2) is 22.0. The third-order valence-corrected chi connectivity index (χ3v) is 3.33. The standard InChI is InChI=1S/C16H30O2.C4H6/c1-3-5-6-7-8-9-10-11-12-13-14-15-18-16(17)4-2;1-3-4-2/h4H,2-3,5-15H2,1H3;3-4H,1-2H2. The van der Waals surface area contributed by atoms with Gasteiger partial charge in [0, 0.05) is 6.08 Å². The fourth-order valence-corrected chi connectivity index (χ4v) is 2.00. The molecule has 0 spiro atoms. The minimum atomic E-state index is -0.304. The summed E-state index contributed by atoms with van der Waals surface area (Å²) >= 11 is 0. The summed E-state index contributed by atoms with van der Waals surface area (Å²) in [5.74, 6) is -0.304. The Kier molecular flexibility index (Phi) is 22.9. The average Bonchev–Trinajstić information content (AvgIpc) is 2.55.